The van der Waals surface area contributed by atoms with Crippen molar-refractivity contribution in [2.45, 2.75) is 0 Å². The van der Waals surface area contributed by atoms with Gasteiger partial charge in [-0.3, -0.25) is 4.79 Å². The molecule has 3 rings (SSSR count). The summed E-state index contributed by atoms with van der Waals surface area (Å²) in [6.45, 7) is 0. The molecule has 3 aromatic rings. The Balaban J connectivity index is 2.00. The number of methoxy groups -OCH3 is 2. The molecule has 0 fully saturated rings. The van der Waals surface area contributed by atoms with Gasteiger partial charge in [0.2, 0.25) is 0 Å². The zero-order valence-corrected chi connectivity index (χ0v) is 13.0. The van der Waals surface area contributed by atoms with Crippen LogP contribution in [0, 0.1) is 0 Å². The highest BCUT2D eigenvalue weighted by molar-refractivity contribution is 5.83. The van der Waals surface area contributed by atoms with Crippen molar-refractivity contribution < 1.29 is 9.47 Å². The number of hydrogen-bond acceptors (Lipinski definition) is 3. The first-order valence-corrected chi connectivity index (χ1v) is 7.23. The molecule has 0 radical (unpaired) electrons. The molecule has 0 atom stereocenters. The van der Waals surface area contributed by atoms with Crippen molar-refractivity contribution in [2.75, 3.05) is 14.2 Å². The molecule has 4 nitrogen and oxygen atoms in total. The second kappa shape index (κ2) is 6.40. The number of pyridine rings is 1. The summed E-state index contributed by atoms with van der Waals surface area (Å²) in [5.74, 6) is 1.53. The van der Waals surface area contributed by atoms with Crippen LogP contribution in [-0.2, 0) is 0 Å². The number of aromatic nitrogens is 1. The number of hydrogen-bond donors (Lipinski definition) is 1. The van der Waals surface area contributed by atoms with Gasteiger partial charge in [-0.25, -0.2) is 0 Å². The zero-order valence-electron chi connectivity index (χ0n) is 13.0. The maximum absolute atomic E-state index is 11.9. The highest BCUT2D eigenvalue weighted by Crippen LogP contribution is 2.26. The monoisotopic (exact) mass is 307 g/mol. The van der Waals surface area contributed by atoms with Gasteiger partial charge in [0.1, 0.15) is 11.5 Å². The van der Waals surface area contributed by atoms with Crippen molar-refractivity contribution in [3.05, 3.63) is 70.0 Å². The number of H-pyrrole nitrogens is 1. The van der Waals surface area contributed by atoms with Crippen LogP contribution in [0.4, 0.5) is 0 Å². The molecule has 0 saturated carbocycles. The highest BCUT2D eigenvalue weighted by atomic mass is 16.5. The van der Waals surface area contributed by atoms with Crippen molar-refractivity contribution in [3.63, 3.8) is 0 Å². The van der Waals surface area contributed by atoms with E-state index in [1.807, 2.05) is 48.6 Å². The van der Waals surface area contributed by atoms with Crippen LogP contribution in [0.25, 0.3) is 23.1 Å². The lowest BCUT2D eigenvalue weighted by molar-refractivity contribution is 0.402. The van der Waals surface area contributed by atoms with E-state index in [2.05, 4.69) is 4.98 Å². The smallest absolute Gasteiger partial charge is 0.189 e. The van der Waals surface area contributed by atoms with Crippen molar-refractivity contribution >= 4 is 23.1 Å². The van der Waals surface area contributed by atoms with E-state index >= 15 is 0 Å². The molecule has 0 aliphatic rings. The molecule has 0 saturated heterocycles. The molecule has 0 bridgehead atoms. The summed E-state index contributed by atoms with van der Waals surface area (Å²) in [5.41, 5.74) is 2.69. The number of rotatable bonds is 4. The first-order valence-electron chi connectivity index (χ1n) is 7.23. The standard InChI is InChI=1S/C19H17NO3/c1-22-15-6-8-19(23-2)14(12-15)5-3-13-4-7-17-16(11-13)18(21)9-10-20-17/h3-12H,1-2H3,(H,20,21). The van der Waals surface area contributed by atoms with Crippen LogP contribution in [0.5, 0.6) is 11.5 Å². The van der Waals surface area contributed by atoms with Crippen molar-refractivity contribution in [2.24, 2.45) is 0 Å². The maximum Gasteiger partial charge on any atom is 0.189 e. The molecule has 0 aliphatic carbocycles. The highest BCUT2D eigenvalue weighted by Gasteiger charge is 2.02. The molecule has 0 amide bonds. The maximum atomic E-state index is 11.9. The molecule has 23 heavy (non-hydrogen) atoms. The minimum Gasteiger partial charge on any atom is -0.497 e. The Labute approximate surface area is 134 Å². The van der Waals surface area contributed by atoms with Crippen LogP contribution in [0.1, 0.15) is 11.1 Å². The number of aromatic amines is 1. The van der Waals surface area contributed by atoms with E-state index in [0.717, 1.165) is 28.1 Å². The summed E-state index contributed by atoms with van der Waals surface area (Å²) >= 11 is 0. The molecular formula is C19H17NO3. The van der Waals surface area contributed by atoms with Crippen LogP contribution in [-0.4, -0.2) is 19.2 Å². The number of ether oxygens (including phenoxy) is 2. The van der Waals surface area contributed by atoms with E-state index in [1.54, 1.807) is 20.4 Å². The summed E-state index contributed by atoms with van der Waals surface area (Å²) in [7, 11) is 3.26. The summed E-state index contributed by atoms with van der Waals surface area (Å²) in [6, 6.07) is 12.9. The Morgan fingerprint density at radius 2 is 1.83 bits per heavy atom. The van der Waals surface area contributed by atoms with Gasteiger partial charge in [0.25, 0.3) is 0 Å². The fraction of sp³-hybridized carbons (Fsp3) is 0.105. The summed E-state index contributed by atoms with van der Waals surface area (Å²) in [5, 5.41) is 0.673. The van der Waals surface area contributed by atoms with Gasteiger partial charge in [0.15, 0.2) is 5.43 Å². The molecule has 1 N–H and O–H groups in total. The van der Waals surface area contributed by atoms with Gasteiger partial charge in [-0.05, 0) is 35.9 Å². The summed E-state index contributed by atoms with van der Waals surface area (Å²) < 4.78 is 10.6. The van der Waals surface area contributed by atoms with Gasteiger partial charge >= 0.3 is 0 Å². The minimum atomic E-state index is 0.00737. The summed E-state index contributed by atoms with van der Waals surface area (Å²) in [4.78, 5) is 15.0. The Kier molecular flexibility index (Phi) is 4.15. The third-order valence-corrected chi connectivity index (χ3v) is 3.67. The van der Waals surface area contributed by atoms with Gasteiger partial charge in [-0.1, -0.05) is 18.2 Å². The van der Waals surface area contributed by atoms with Gasteiger partial charge in [-0.15, -0.1) is 0 Å². The third-order valence-electron chi connectivity index (χ3n) is 3.67. The predicted octanol–water partition coefficient (Wildman–Crippen LogP) is 3.72. The molecular weight excluding hydrogens is 290 g/mol. The van der Waals surface area contributed by atoms with Crippen LogP contribution in [0.2, 0.25) is 0 Å². The Morgan fingerprint density at radius 1 is 0.957 bits per heavy atom. The van der Waals surface area contributed by atoms with Gasteiger partial charge in [0, 0.05) is 28.7 Å². The van der Waals surface area contributed by atoms with E-state index in [0.29, 0.717) is 5.39 Å². The van der Waals surface area contributed by atoms with E-state index in [1.165, 1.54) is 6.07 Å². The molecule has 0 unspecified atom stereocenters. The quantitative estimate of drug-likeness (QED) is 0.747. The van der Waals surface area contributed by atoms with E-state index in [9.17, 15) is 4.79 Å². The minimum absolute atomic E-state index is 0.00737. The van der Waals surface area contributed by atoms with Crippen molar-refractivity contribution in [3.8, 4) is 11.5 Å². The normalized spacial score (nSPS) is 11.0. The van der Waals surface area contributed by atoms with E-state index in [-0.39, 0.29) is 5.43 Å². The van der Waals surface area contributed by atoms with Crippen LogP contribution in [0.3, 0.4) is 0 Å². The lowest BCUT2D eigenvalue weighted by Gasteiger charge is -2.07. The Morgan fingerprint density at radius 3 is 2.61 bits per heavy atom. The lowest BCUT2D eigenvalue weighted by Crippen LogP contribution is -1.99. The van der Waals surface area contributed by atoms with E-state index in [4.69, 9.17) is 9.47 Å². The van der Waals surface area contributed by atoms with Gasteiger partial charge < -0.3 is 14.5 Å². The second-order valence-electron chi connectivity index (χ2n) is 5.09. The fourth-order valence-electron chi connectivity index (χ4n) is 2.45. The van der Waals surface area contributed by atoms with Crippen LogP contribution in [0.15, 0.2) is 53.5 Å². The first kappa shape index (κ1) is 14.9. The van der Waals surface area contributed by atoms with Crippen molar-refractivity contribution in [1.82, 2.24) is 4.98 Å². The van der Waals surface area contributed by atoms with E-state index < -0.39 is 0 Å². The topological polar surface area (TPSA) is 51.3 Å². The van der Waals surface area contributed by atoms with Gasteiger partial charge in [-0.2, -0.15) is 0 Å². The number of fused-ring (bicyclic) bond motifs is 1. The molecule has 116 valence electrons. The average molecular weight is 307 g/mol. The van der Waals surface area contributed by atoms with Crippen molar-refractivity contribution in [1.29, 1.82) is 0 Å². The third kappa shape index (κ3) is 3.11. The van der Waals surface area contributed by atoms with Crippen LogP contribution < -0.4 is 14.9 Å². The molecule has 0 spiro atoms. The zero-order chi connectivity index (χ0) is 16.2. The SMILES string of the molecule is COc1ccc(OC)c(C=Cc2ccc3[nH]ccc(=O)c3c2)c1. The molecule has 4 heteroatoms. The first-order chi connectivity index (χ1) is 11.2. The Bertz CT molecular complexity index is 925. The molecule has 1 heterocycles. The lowest BCUT2D eigenvalue weighted by atomic mass is 10.1. The van der Waals surface area contributed by atoms with Gasteiger partial charge in [0.05, 0.1) is 14.2 Å². The Hall–Kier alpha value is -3.01. The fourth-order valence-corrected chi connectivity index (χ4v) is 2.45. The molecule has 0 aliphatic heterocycles. The molecule has 1 aromatic heterocycles. The predicted molar refractivity (Wildman–Crippen MR) is 93.0 cm³/mol. The largest absolute Gasteiger partial charge is 0.497 e. The molecule has 2 aromatic carbocycles. The second-order valence-corrected chi connectivity index (χ2v) is 5.09. The number of benzene rings is 2. The average Bonchev–Trinajstić information content (AvgIpc) is 2.60. The summed E-state index contributed by atoms with van der Waals surface area (Å²) in [6.07, 6.45) is 5.55. The number of nitrogens with one attached hydrogen (secondary N) is 1. The van der Waals surface area contributed by atoms with Crippen LogP contribution >= 0.6 is 0 Å².